The maximum atomic E-state index is 12.0. The highest BCUT2D eigenvalue weighted by Crippen LogP contribution is 2.19. The van der Waals surface area contributed by atoms with E-state index in [1.54, 1.807) is 11.3 Å². The molecule has 7 nitrogen and oxygen atoms in total. The summed E-state index contributed by atoms with van der Waals surface area (Å²) in [6, 6.07) is 0. The highest BCUT2D eigenvalue weighted by molar-refractivity contribution is 7.09. The summed E-state index contributed by atoms with van der Waals surface area (Å²) in [5.41, 5.74) is 0.957. The summed E-state index contributed by atoms with van der Waals surface area (Å²) in [6.45, 7) is 15.0. The number of amides is 1. The summed E-state index contributed by atoms with van der Waals surface area (Å²) in [6.07, 6.45) is 2.33. The van der Waals surface area contributed by atoms with Gasteiger partial charge in [0.05, 0.1) is 10.7 Å². The zero-order valence-corrected chi connectivity index (χ0v) is 18.8. The van der Waals surface area contributed by atoms with Gasteiger partial charge in [-0.15, -0.1) is 11.3 Å². The molecule has 2 rings (SSSR count). The molecule has 3 N–H and O–H groups in total. The number of nitrogens with one attached hydrogen (secondary N) is 3. The monoisotopic (exact) mass is 408 g/mol. The fraction of sp³-hybridized carbons (Fsp3) is 0.750. The Balaban J connectivity index is 1.73. The first-order chi connectivity index (χ1) is 13.2. The molecule has 1 aliphatic rings. The third-order valence-corrected chi connectivity index (χ3v) is 5.38. The first-order valence-electron chi connectivity index (χ1n) is 10.2. The van der Waals surface area contributed by atoms with Crippen LogP contribution in [0.4, 0.5) is 0 Å². The Bertz CT molecular complexity index is 643. The molecule has 2 heterocycles. The predicted molar refractivity (Wildman–Crippen MR) is 117 cm³/mol. The van der Waals surface area contributed by atoms with Crippen molar-refractivity contribution in [1.29, 1.82) is 0 Å². The van der Waals surface area contributed by atoms with E-state index in [1.165, 1.54) is 18.5 Å². The van der Waals surface area contributed by atoms with Crippen LogP contribution < -0.4 is 16.0 Å². The second-order valence-corrected chi connectivity index (χ2v) is 9.51. The summed E-state index contributed by atoms with van der Waals surface area (Å²) >= 11 is 1.72. The molecule has 0 radical (unpaired) electrons. The highest BCUT2D eigenvalue weighted by Gasteiger charge is 2.20. The molecule has 28 heavy (non-hydrogen) atoms. The second kappa shape index (κ2) is 10.8. The van der Waals surface area contributed by atoms with Crippen LogP contribution >= 0.6 is 11.3 Å². The molecular formula is C20H36N6OS. The standard InChI is InChI=1S/C20H36N6OS/c1-6-21-19(23-12-18(27)25-20(3,4)5)22-11-16-7-9-26(10-8-16)13-17-14-28-15(2)24-17/h14,16H,6-13H2,1-5H3,(H,25,27)(H2,21,22,23). The number of guanidine groups is 1. The van der Waals surface area contributed by atoms with Gasteiger partial charge < -0.3 is 16.0 Å². The largest absolute Gasteiger partial charge is 0.357 e. The lowest BCUT2D eigenvalue weighted by atomic mass is 9.97. The van der Waals surface area contributed by atoms with Gasteiger partial charge in [0.1, 0.15) is 6.54 Å². The molecule has 1 aromatic heterocycles. The van der Waals surface area contributed by atoms with Crippen molar-refractivity contribution in [3.8, 4) is 0 Å². The minimum absolute atomic E-state index is 0.0599. The van der Waals surface area contributed by atoms with Crippen molar-refractivity contribution in [3.05, 3.63) is 16.1 Å². The average Bonchev–Trinajstić information content (AvgIpc) is 3.02. The van der Waals surface area contributed by atoms with Crippen LogP contribution in [-0.4, -0.2) is 60.0 Å². The minimum atomic E-state index is -0.233. The summed E-state index contributed by atoms with van der Waals surface area (Å²) in [5, 5.41) is 12.9. The molecule has 0 aliphatic carbocycles. The molecule has 1 fully saturated rings. The van der Waals surface area contributed by atoms with Crippen LogP contribution in [0.2, 0.25) is 0 Å². The van der Waals surface area contributed by atoms with Gasteiger partial charge in [-0.05, 0) is 66.5 Å². The van der Waals surface area contributed by atoms with Gasteiger partial charge in [0.25, 0.3) is 0 Å². The number of carbonyl (C=O) groups is 1. The number of piperidine rings is 1. The molecule has 0 aromatic carbocycles. The predicted octanol–water partition coefficient (Wildman–Crippen LogP) is 2.13. The summed E-state index contributed by atoms with van der Waals surface area (Å²) < 4.78 is 0. The first kappa shape index (κ1) is 22.6. The zero-order valence-electron chi connectivity index (χ0n) is 18.0. The van der Waals surface area contributed by atoms with Crippen molar-refractivity contribution in [2.24, 2.45) is 10.9 Å². The van der Waals surface area contributed by atoms with Crippen LogP contribution in [0.1, 0.15) is 51.2 Å². The lowest BCUT2D eigenvalue weighted by molar-refractivity contribution is -0.121. The maximum absolute atomic E-state index is 12.0. The number of hydrogen-bond acceptors (Lipinski definition) is 5. The van der Waals surface area contributed by atoms with Crippen LogP contribution in [0, 0.1) is 12.8 Å². The molecule has 1 amide bonds. The van der Waals surface area contributed by atoms with Gasteiger partial charge in [0.15, 0.2) is 5.96 Å². The first-order valence-corrected chi connectivity index (χ1v) is 11.1. The Hall–Kier alpha value is -1.67. The van der Waals surface area contributed by atoms with E-state index in [0.717, 1.165) is 37.7 Å². The number of carbonyl (C=O) groups excluding carboxylic acids is 1. The summed E-state index contributed by atoms with van der Waals surface area (Å²) in [7, 11) is 0. The van der Waals surface area contributed by atoms with Gasteiger partial charge in [0, 0.05) is 30.6 Å². The summed E-state index contributed by atoms with van der Waals surface area (Å²) in [5.74, 6) is 1.28. The number of aromatic nitrogens is 1. The fourth-order valence-electron chi connectivity index (χ4n) is 3.25. The lowest BCUT2D eigenvalue weighted by Gasteiger charge is -2.31. The Morgan fingerprint density at radius 2 is 2.04 bits per heavy atom. The van der Waals surface area contributed by atoms with Crippen LogP contribution in [0.3, 0.4) is 0 Å². The topological polar surface area (TPSA) is 81.6 Å². The Morgan fingerprint density at radius 3 is 2.61 bits per heavy atom. The Kier molecular flexibility index (Phi) is 8.69. The molecule has 0 unspecified atom stereocenters. The number of rotatable bonds is 7. The van der Waals surface area contributed by atoms with Crippen molar-refractivity contribution in [3.63, 3.8) is 0 Å². The minimum Gasteiger partial charge on any atom is -0.357 e. The molecule has 0 saturated carbocycles. The number of aryl methyl sites for hydroxylation is 1. The second-order valence-electron chi connectivity index (χ2n) is 8.45. The number of thiazole rings is 1. The van der Waals surface area contributed by atoms with Crippen LogP contribution in [0.5, 0.6) is 0 Å². The normalized spacial score (nSPS) is 16.8. The molecular weight excluding hydrogens is 372 g/mol. The molecule has 1 aromatic rings. The summed E-state index contributed by atoms with van der Waals surface area (Å²) in [4.78, 5) is 23.5. The Labute approximate surface area is 173 Å². The van der Waals surface area contributed by atoms with E-state index in [1.807, 2.05) is 27.7 Å². The van der Waals surface area contributed by atoms with Crippen molar-refractivity contribution in [1.82, 2.24) is 25.8 Å². The molecule has 1 aliphatic heterocycles. The van der Waals surface area contributed by atoms with Crippen LogP contribution in [0.15, 0.2) is 10.4 Å². The third kappa shape index (κ3) is 8.56. The smallest absolute Gasteiger partial charge is 0.242 e. The number of likely N-dealkylation sites (tertiary alicyclic amines) is 1. The van der Waals surface area contributed by atoms with Crippen LogP contribution in [0.25, 0.3) is 0 Å². The van der Waals surface area contributed by atoms with Crippen molar-refractivity contribution in [2.45, 2.75) is 59.5 Å². The van der Waals surface area contributed by atoms with Crippen molar-refractivity contribution in [2.75, 3.05) is 32.7 Å². The van der Waals surface area contributed by atoms with Crippen molar-refractivity contribution >= 4 is 23.2 Å². The molecule has 158 valence electrons. The zero-order chi connectivity index (χ0) is 20.6. The molecule has 0 atom stereocenters. The van der Waals surface area contributed by atoms with E-state index in [4.69, 9.17) is 0 Å². The maximum Gasteiger partial charge on any atom is 0.242 e. The van der Waals surface area contributed by atoms with Gasteiger partial charge >= 0.3 is 0 Å². The lowest BCUT2D eigenvalue weighted by Crippen LogP contribution is -2.44. The number of aliphatic imine (C=N–C) groups is 1. The number of nitrogens with zero attached hydrogens (tertiary/aromatic N) is 3. The fourth-order valence-corrected chi connectivity index (χ4v) is 3.85. The van der Waals surface area contributed by atoms with E-state index in [-0.39, 0.29) is 18.0 Å². The van der Waals surface area contributed by atoms with Gasteiger partial charge in [-0.3, -0.25) is 9.69 Å². The third-order valence-electron chi connectivity index (χ3n) is 4.56. The van der Waals surface area contributed by atoms with Crippen LogP contribution in [-0.2, 0) is 11.3 Å². The van der Waals surface area contributed by atoms with Gasteiger partial charge in [-0.2, -0.15) is 0 Å². The van der Waals surface area contributed by atoms with Gasteiger partial charge in [-0.1, -0.05) is 0 Å². The molecule has 8 heteroatoms. The van der Waals surface area contributed by atoms with E-state index < -0.39 is 0 Å². The molecule has 0 bridgehead atoms. The van der Waals surface area contributed by atoms with E-state index in [2.05, 4.69) is 43.1 Å². The molecule has 0 spiro atoms. The molecule has 1 saturated heterocycles. The average molecular weight is 409 g/mol. The van der Waals surface area contributed by atoms with E-state index >= 15 is 0 Å². The quantitative estimate of drug-likeness (QED) is 0.476. The SMILES string of the molecule is CCNC(=NCC(=O)NC(C)(C)C)NCC1CCN(Cc2csc(C)n2)CC1. The Morgan fingerprint density at radius 1 is 1.32 bits per heavy atom. The van der Waals surface area contributed by atoms with Crippen molar-refractivity contribution < 1.29 is 4.79 Å². The van der Waals surface area contributed by atoms with E-state index in [0.29, 0.717) is 11.9 Å². The van der Waals surface area contributed by atoms with E-state index in [9.17, 15) is 4.79 Å². The number of hydrogen-bond donors (Lipinski definition) is 3. The van der Waals surface area contributed by atoms with Gasteiger partial charge in [0.2, 0.25) is 5.91 Å². The highest BCUT2D eigenvalue weighted by atomic mass is 32.1. The van der Waals surface area contributed by atoms with Gasteiger partial charge in [-0.25, -0.2) is 9.98 Å².